The summed E-state index contributed by atoms with van der Waals surface area (Å²) in [6.45, 7) is 2.00. The zero-order valence-electron chi connectivity index (χ0n) is 12.0. The number of rotatable bonds is 5. The summed E-state index contributed by atoms with van der Waals surface area (Å²) in [6.07, 6.45) is 1.50. The van der Waals surface area contributed by atoms with Crippen molar-refractivity contribution in [1.29, 1.82) is 0 Å². The Bertz CT molecular complexity index is 687. The van der Waals surface area contributed by atoms with Crippen molar-refractivity contribution >= 4 is 21.8 Å². The summed E-state index contributed by atoms with van der Waals surface area (Å²) in [5.74, 6) is -1.08. The molecule has 1 aliphatic heterocycles. The molecule has 22 heavy (non-hydrogen) atoms. The minimum absolute atomic E-state index is 0.00461. The Balaban J connectivity index is 1.90. The van der Waals surface area contributed by atoms with Gasteiger partial charge in [-0.25, -0.2) is 13.2 Å². The van der Waals surface area contributed by atoms with Crippen LogP contribution in [0.1, 0.15) is 23.7 Å². The first-order chi connectivity index (χ1) is 10.4. The third-order valence-electron chi connectivity index (χ3n) is 3.03. The third kappa shape index (κ3) is 4.42. The van der Waals surface area contributed by atoms with Crippen LogP contribution in [0.4, 0.5) is 0 Å². The van der Waals surface area contributed by atoms with Gasteiger partial charge in [-0.2, -0.15) is 0 Å². The molecule has 0 radical (unpaired) electrons. The second kappa shape index (κ2) is 6.74. The SMILES string of the molecule is CCOC(=O)c1ccc(OC(=O)C[C@H]2C=CS(=O)(=O)C2)cc1. The molecule has 118 valence electrons. The molecule has 0 saturated carbocycles. The lowest BCUT2D eigenvalue weighted by molar-refractivity contribution is -0.134. The highest BCUT2D eigenvalue weighted by Gasteiger charge is 2.24. The van der Waals surface area contributed by atoms with Crippen LogP contribution in [-0.2, 0) is 19.4 Å². The summed E-state index contributed by atoms with van der Waals surface area (Å²) in [5, 5.41) is 1.12. The molecule has 2 rings (SSSR count). The largest absolute Gasteiger partial charge is 0.462 e. The maximum atomic E-state index is 11.8. The van der Waals surface area contributed by atoms with E-state index in [4.69, 9.17) is 9.47 Å². The summed E-state index contributed by atoms with van der Waals surface area (Å²) in [7, 11) is -3.17. The molecule has 0 bridgehead atoms. The summed E-state index contributed by atoms with van der Waals surface area (Å²) < 4.78 is 32.5. The fraction of sp³-hybridized carbons (Fsp3) is 0.333. The maximum absolute atomic E-state index is 11.8. The monoisotopic (exact) mass is 324 g/mol. The number of hydrogen-bond donors (Lipinski definition) is 0. The molecule has 0 N–H and O–H groups in total. The highest BCUT2D eigenvalue weighted by atomic mass is 32.2. The smallest absolute Gasteiger partial charge is 0.338 e. The van der Waals surface area contributed by atoms with Crippen molar-refractivity contribution in [3.8, 4) is 5.75 Å². The molecule has 0 saturated heterocycles. The molecule has 0 unspecified atom stereocenters. The lowest BCUT2D eigenvalue weighted by Gasteiger charge is -2.08. The van der Waals surface area contributed by atoms with Crippen molar-refractivity contribution in [3.63, 3.8) is 0 Å². The first kappa shape index (κ1) is 16.2. The van der Waals surface area contributed by atoms with E-state index in [2.05, 4.69) is 0 Å². The quantitative estimate of drug-likeness (QED) is 0.605. The molecule has 0 aromatic heterocycles. The highest BCUT2D eigenvalue weighted by Crippen LogP contribution is 2.20. The summed E-state index contributed by atoms with van der Waals surface area (Å²) >= 11 is 0. The molecule has 0 aliphatic carbocycles. The molecule has 0 fully saturated rings. The molecule has 1 aromatic carbocycles. The topological polar surface area (TPSA) is 86.7 Å². The number of ether oxygens (including phenoxy) is 2. The van der Waals surface area contributed by atoms with Crippen molar-refractivity contribution < 1.29 is 27.5 Å². The molecule has 6 nitrogen and oxygen atoms in total. The number of hydrogen-bond acceptors (Lipinski definition) is 6. The highest BCUT2D eigenvalue weighted by molar-refractivity contribution is 7.94. The number of benzene rings is 1. The average Bonchev–Trinajstić information content (AvgIpc) is 2.78. The summed E-state index contributed by atoms with van der Waals surface area (Å²) in [6, 6.07) is 5.98. The molecular weight excluding hydrogens is 308 g/mol. The molecule has 1 aromatic rings. The van der Waals surface area contributed by atoms with Gasteiger partial charge in [-0.3, -0.25) is 4.79 Å². The van der Waals surface area contributed by atoms with Gasteiger partial charge in [-0.1, -0.05) is 6.08 Å². The van der Waals surface area contributed by atoms with E-state index in [1.54, 1.807) is 6.92 Å². The van der Waals surface area contributed by atoms with Crippen LogP contribution in [0.25, 0.3) is 0 Å². The van der Waals surface area contributed by atoms with E-state index in [0.717, 1.165) is 5.41 Å². The van der Waals surface area contributed by atoms with Crippen LogP contribution in [0.2, 0.25) is 0 Å². The number of carbonyl (C=O) groups is 2. The molecular formula is C15H16O6S. The van der Waals surface area contributed by atoms with Crippen LogP contribution in [-0.4, -0.2) is 32.7 Å². The van der Waals surface area contributed by atoms with Gasteiger partial charge in [-0.05, 0) is 31.2 Å². The second-order valence-electron chi connectivity index (χ2n) is 4.84. The van der Waals surface area contributed by atoms with Crippen LogP contribution in [0, 0.1) is 5.92 Å². The van der Waals surface area contributed by atoms with Crippen LogP contribution in [0.3, 0.4) is 0 Å². The van der Waals surface area contributed by atoms with Crippen molar-refractivity contribution in [2.24, 2.45) is 5.92 Å². The van der Waals surface area contributed by atoms with E-state index in [0.29, 0.717) is 11.3 Å². The first-order valence-electron chi connectivity index (χ1n) is 6.78. The van der Waals surface area contributed by atoms with E-state index < -0.39 is 21.8 Å². The van der Waals surface area contributed by atoms with Crippen molar-refractivity contribution in [1.82, 2.24) is 0 Å². The molecule has 7 heteroatoms. The Morgan fingerprint density at radius 3 is 2.45 bits per heavy atom. The second-order valence-corrected chi connectivity index (χ2v) is 6.77. The predicted octanol–water partition coefficient (Wildman–Crippen LogP) is 1.72. The number of sulfone groups is 1. The lowest BCUT2D eigenvalue weighted by Crippen LogP contribution is -2.15. The minimum atomic E-state index is -3.17. The normalized spacial score (nSPS) is 18.9. The lowest BCUT2D eigenvalue weighted by atomic mass is 10.1. The van der Waals surface area contributed by atoms with Gasteiger partial charge in [0.25, 0.3) is 0 Å². The third-order valence-corrected chi connectivity index (χ3v) is 4.50. The fourth-order valence-electron chi connectivity index (χ4n) is 2.03. The Kier molecular flexibility index (Phi) is 4.97. The van der Waals surface area contributed by atoms with Crippen LogP contribution < -0.4 is 4.74 Å². The van der Waals surface area contributed by atoms with Gasteiger partial charge in [0.05, 0.1) is 24.3 Å². The Labute approximate surface area is 128 Å². The van der Waals surface area contributed by atoms with Crippen molar-refractivity contribution in [2.45, 2.75) is 13.3 Å². The van der Waals surface area contributed by atoms with Crippen molar-refractivity contribution in [2.75, 3.05) is 12.4 Å². The molecule has 0 amide bonds. The zero-order valence-corrected chi connectivity index (χ0v) is 12.8. The first-order valence-corrected chi connectivity index (χ1v) is 8.50. The fourth-order valence-corrected chi connectivity index (χ4v) is 3.43. The average molecular weight is 324 g/mol. The van der Waals surface area contributed by atoms with Gasteiger partial charge in [0.15, 0.2) is 9.84 Å². The number of allylic oxidation sites excluding steroid dienone is 1. The molecule has 0 spiro atoms. The molecule has 1 heterocycles. The Hall–Kier alpha value is -2.15. The van der Waals surface area contributed by atoms with E-state index in [-0.39, 0.29) is 24.7 Å². The van der Waals surface area contributed by atoms with Gasteiger partial charge in [0.2, 0.25) is 0 Å². The van der Waals surface area contributed by atoms with Crippen LogP contribution in [0.15, 0.2) is 35.7 Å². The summed E-state index contributed by atoms with van der Waals surface area (Å²) in [4.78, 5) is 23.2. The van der Waals surface area contributed by atoms with E-state index >= 15 is 0 Å². The minimum Gasteiger partial charge on any atom is -0.462 e. The predicted molar refractivity (Wildman–Crippen MR) is 79.1 cm³/mol. The van der Waals surface area contributed by atoms with E-state index in [9.17, 15) is 18.0 Å². The van der Waals surface area contributed by atoms with E-state index in [1.165, 1.54) is 30.3 Å². The van der Waals surface area contributed by atoms with Gasteiger partial charge in [0.1, 0.15) is 5.75 Å². The van der Waals surface area contributed by atoms with Gasteiger partial charge in [-0.15, -0.1) is 0 Å². The Morgan fingerprint density at radius 1 is 1.23 bits per heavy atom. The van der Waals surface area contributed by atoms with Crippen LogP contribution in [0.5, 0.6) is 5.75 Å². The number of carbonyl (C=O) groups excluding carboxylic acids is 2. The van der Waals surface area contributed by atoms with Gasteiger partial charge < -0.3 is 9.47 Å². The van der Waals surface area contributed by atoms with Gasteiger partial charge in [0, 0.05) is 11.3 Å². The van der Waals surface area contributed by atoms with Crippen molar-refractivity contribution in [3.05, 3.63) is 41.3 Å². The van der Waals surface area contributed by atoms with Crippen LogP contribution >= 0.6 is 0 Å². The molecule has 1 atom stereocenters. The zero-order chi connectivity index (χ0) is 16.2. The molecule has 1 aliphatic rings. The standard InChI is InChI=1S/C15H16O6S/c1-2-20-15(17)12-3-5-13(6-4-12)21-14(16)9-11-7-8-22(18,19)10-11/h3-8,11H,2,9-10H2,1H3/t11-/m1/s1. The van der Waals surface area contributed by atoms with E-state index in [1.807, 2.05) is 0 Å². The Morgan fingerprint density at radius 2 is 1.91 bits per heavy atom. The summed E-state index contributed by atoms with van der Waals surface area (Å²) in [5.41, 5.74) is 0.367. The number of esters is 2. The maximum Gasteiger partial charge on any atom is 0.338 e. The van der Waals surface area contributed by atoms with Gasteiger partial charge >= 0.3 is 11.9 Å².